The zero-order valence-corrected chi connectivity index (χ0v) is 14.2. The van der Waals surface area contributed by atoms with Gasteiger partial charge in [0.2, 0.25) is 0 Å². The van der Waals surface area contributed by atoms with E-state index < -0.39 is 0 Å². The SMILES string of the molecule is c1ccc(-c2ccc3cccc4c3c2-c2cc3ccccc3cc2-4)cc1. The van der Waals surface area contributed by atoms with Crippen molar-refractivity contribution in [3.63, 3.8) is 0 Å². The zero-order chi connectivity index (χ0) is 17.1. The highest BCUT2D eigenvalue weighted by Crippen LogP contribution is 2.52. The molecule has 6 rings (SSSR count). The molecule has 0 heteroatoms. The van der Waals surface area contributed by atoms with Crippen LogP contribution in [-0.2, 0) is 0 Å². The van der Waals surface area contributed by atoms with E-state index in [4.69, 9.17) is 0 Å². The first-order valence-electron chi connectivity index (χ1n) is 9.05. The van der Waals surface area contributed by atoms with Gasteiger partial charge in [0.25, 0.3) is 0 Å². The molecule has 0 amide bonds. The van der Waals surface area contributed by atoms with Crippen molar-refractivity contribution in [3.05, 3.63) is 97.1 Å². The predicted octanol–water partition coefficient (Wildman–Crippen LogP) is 7.31. The minimum Gasteiger partial charge on any atom is -0.0622 e. The van der Waals surface area contributed by atoms with Crippen LogP contribution in [0.1, 0.15) is 0 Å². The first-order valence-corrected chi connectivity index (χ1v) is 9.05. The number of benzene rings is 5. The van der Waals surface area contributed by atoms with Gasteiger partial charge in [-0.2, -0.15) is 0 Å². The Labute approximate surface area is 152 Å². The Balaban J connectivity index is 1.80. The van der Waals surface area contributed by atoms with E-state index in [1.54, 1.807) is 0 Å². The standard InChI is InChI=1S/C26H16/c1-2-7-17(8-3-1)21-14-13-18-11-6-12-22-23-15-19-9-4-5-10-20(19)16-24(23)26(21)25(18)22/h1-16H. The molecule has 26 heavy (non-hydrogen) atoms. The molecule has 0 spiro atoms. The fourth-order valence-electron chi connectivity index (χ4n) is 4.41. The second-order valence-corrected chi connectivity index (χ2v) is 7.00. The molecule has 0 atom stereocenters. The average Bonchev–Trinajstić information content (AvgIpc) is 3.03. The fourth-order valence-corrected chi connectivity index (χ4v) is 4.41. The van der Waals surface area contributed by atoms with E-state index in [2.05, 4.69) is 97.1 Å². The third kappa shape index (κ3) is 1.79. The monoisotopic (exact) mass is 328 g/mol. The van der Waals surface area contributed by atoms with Crippen molar-refractivity contribution < 1.29 is 0 Å². The molecule has 0 nitrogen and oxygen atoms in total. The topological polar surface area (TPSA) is 0 Å². The van der Waals surface area contributed by atoms with Gasteiger partial charge in [-0.25, -0.2) is 0 Å². The summed E-state index contributed by atoms with van der Waals surface area (Å²) in [6.07, 6.45) is 0. The van der Waals surface area contributed by atoms with Crippen LogP contribution in [0, 0.1) is 0 Å². The van der Waals surface area contributed by atoms with E-state index in [-0.39, 0.29) is 0 Å². The van der Waals surface area contributed by atoms with Crippen LogP contribution in [0.25, 0.3) is 54.9 Å². The number of hydrogen-bond acceptors (Lipinski definition) is 0. The summed E-state index contributed by atoms with van der Waals surface area (Å²) in [5.41, 5.74) is 8.04. The lowest BCUT2D eigenvalue weighted by Gasteiger charge is -2.11. The Hall–Kier alpha value is -3.38. The third-order valence-corrected chi connectivity index (χ3v) is 5.58. The number of hydrogen-bond donors (Lipinski definition) is 0. The average molecular weight is 328 g/mol. The Morgan fingerprint density at radius 2 is 1.08 bits per heavy atom. The van der Waals surface area contributed by atoms with Gasteiger partial charge in [0, 0.05) is 0 Å². The molecule has 0 saturated carbocycles. The van der Waals surface area contributed by atoms with Gasteiger partial charge in [0.05, 0.1) is 0 Å². The van der Waals surface area contributed by atoms with E-state index in [0.717, 1.165) is 0 Å². The molecule has 0 N–H and O–H groups in total. The highest BCUT2D eigenvalue weighted by Gasteiger charge is 2.24. The van der Waals surface area contributed by atoms with E-state index in [1.165, 1.54) is 54.9 Å². The largest absolute Gasteiger partial charge is 0.0622 e. The lowest BCUT2D eigenvalue weighted by atomic mass is 9.92. The van der Waals surface area contributed by atoms with E-state index in [0.29, 0.717) is 0 Å². The highest BCUT2D eigenvalue weighted by molar-refractivity contribution is 6.20. The van der Waals surface area contributed by atoms with Gasteiger partial charge in [-0.1, -0.05) is 84.9 Å². The van der Waals surface area contributed by atoms with Gasteiger partial charge in [-0.15, -0.1) is 0 Å². The zero-order valence-electron chi connectivity index (χ0n) is 14.2. The molecule has 5 aromatic carbocycles. The molecular formula is C26H16. The molecule has 5 aromatic rings. The lowest BCUT2D eigenvalue weighted by molar-refractivity contribution is 1.64. The summed E-state index contributed by atoms with van der Waals surface area (Å²) in [5.74, 6) is 0. The smallest absolute Gasteiger partial charge is 0.00141 e. The van der Waals surface area contributed by atoms with Crippen LogP contribution in [0.15, 0.2) is 97.1 Å². The summed E-state index contributed by atoms with van der Waals surface area (Å²) in [7, 11) is 0. The lowest BCUT2D eigenvalue weighted by Crippen LogP contribution is -1.84. The van der Waals surface area contributed by atoms with Crippen LogP contribution in [0.4, 0.5) is 0 Å². The van der Waals surface area contributed by atoms with Gasteiger partial charge < -0.3 is 0 Å². The summed E-state index contributed by atoms with van der Waals surface area (Å²) in [4.78, 5) is 0. The minimum absolute atomic E-state index is 1.28. The maximum absolute atomic E-state index is 2.37. The summed E-state index contributed by atoms with van der Waals surface area (Å²) < 4.78 is 0. The molecule has 120 valence electrons. The summed E-state index contributed by atoms with van der Waals surface area (Å²) in [6, 6.07) is 35.3. The molecule has 0 bridgehead atoms. The molecule has 0 radical (unpaired) electrons. The predicted molar refractivity (Wildman–Crippen MR) is 111 cm³/mol. The van der Waals surface area contributed by atoms with Crippen LogP contribution in [0.5, 0.6) is 0 Å². The van der Waals surface area contributed by atoms with Crippen molar-refractivity contribution in [2.24, 2.45) is 0 Å². The highest BCUT2D eigenvalue weighted by atomic mass is 14.3. The van der Waals surface area contributed by atoms with Gasteiger partial charge in [-0.05, 0) is 67.1 Å². The molecule has 0 fully saturated rings. The first-order chi connectivity index (χ1) is 12.9. The molecule has 0 unspecified atom stereocenters. The maximum Gasteiger partial charge on any atom is -0.00141 e. The molecule has 0 heterocycles. The van der Waals surface area contributed by atoms with Crippen molar-refractivity contribution in [2.45, 2.75) is 0 Å². The molecule has 0 aliphatic heterocycles. The number of rotatable bonds is 1. The Morgan fingerprint density at radius 3 is 1.88 bits per heavy atom. The van der Waals surface area contributed by atoms with E-state index in [1.807, 2.05) is 0 Å². The van der Waals surface area contributed by atoms with Crippen LogP contribution < -0.4 is 0 Å². The maximum atomic E-state index is 2.37. The van der Waals surface area contributed by atoms with E-state index >= 15 is 0 Å². The molecule has 1 aliphatic rings. The fraction of sp³-hybridized carbons (Fsp3) is 0. The minimum atomic E-state index is 1.28. The van der Waals surface area contributed by atoms with Crippen LogP contribution in [-0.4, -0.2) is 0 Å². The summed E-state index contributed by atoms with van der Waals surface area (Å²) in [5, 5.41) is 5.31. The number of fused-ring (bicyclic) bond motifs is 4. The van der Waals surface area contributed by atoms with Gasteiger partial charge >= 0.3 is 0 Å². The third-order valence-electron chi connectivity index (χ3n) is 5.58. The van der Waals surface area contributed by atoms with Crippen LogP contribution in [0.3, 0.4) is 0 Å². The van der Waals surface area contributed by atoms with Crippen LogP contribution >= 0.6 is 0 Å². The molecule has 0 aromatic heterocycles. The van der Waals surface area contributed by atoms with Gasteiger partial charge in [0.1, 0.15) is 0 Å². The summed E-state index contributed by atoms with van der Waals surface area (Å²) in [6.45, 7) is 0. The molecule has 1 aliphatic carbocycles. The van der Waals surface area contributed by atoms with Crippen molar-refractivity contribution in [3.8, 4) is 33.4 Å². The first kappa shape index (κ1) is 13.9. The molecule has 0 saturated heterocycles. The van der Waals surface area contributed by atoms with Crippen molar-refractivity contribution in [1.29, 1.82) is 0 Å². The van der Waals surface area contributed by atoms with Crippen LogP contribution in [0.2, 0.25) is 0 Å². The normalized spacial score (nSPS) is 11.8. The van der Waals surface area contributed by atoms with Gasteiger partial charge in [-0.3, -0.25) is 0 Å². The summed E-state index contributed by atoms with van der Waals surface area (Å²) >= 11 is 0. The van der Waals surface area contributed by atoms with Gasteiger partial charge in [0.15, 0.2) is 0 Å². The quantitative estimate of drug-likeness (QED) is 0.297. The Morgan fingerprint density at radius 1 is 0.385 bits per heavy atom. The van der Waals surface area contributed by atoms with Crippen molar-refractivity contribution >= 4 is 21.5 Å². The second kappa shape index (κ2) is 5.06. The van der Waals surface area contributed by atoms with Crippen molar-refractivity contribution in [1.82, 2.24) is 0 Å². The van der Waals surface area contributed by atoms with Crippen molar-refractivity contribution in [2.75, 3.05) is 0 Å². The Bertz CT molecular complexity index is 1310. The second-order valence-electron chi connectivity index (χ2n) is 7.00. The Kier molecular flexibility index (Phi) is 2.70. The molecular weight excluding hydrogens is 312 g/mol. The van der Waals surface area contributed by atoms with E-state index in [9.17, 15) is 0 Å².